The summed E-state index contributed by atoms with van der Waals surface area (Å²) < 4.78 is 19.6. The molecule has 1 saturated heterocycles. The molecule has 0 atom stereocenters. The van der Waals surface area contributed by atoms with Gasteiger partial charge >= 0.3 is 0 Å². The van der Waals surface area contributed by atoms with Crippen LogP contribution < -0.4 is 15.4 Å². The van der Waals surface area contributed by atoms with Gasteiger partial charge in [-0.3, -0.25) is 10.2 Å². The molecule has 8 nitrogen and oxygen atoms in total. The Hall–Kier alpha value is -3.23. The molecule has 0 spiro atoms. The maximum absolute atomic E-state index is 14.1. The van der Waals surface area contributed by atoms with E-state index in [1.807, 2.05) is 11.8 Å². The zero-order valence-corrected chi connectivity index (χ0v) is 17.5. The van der Waals surface area contributed by atoms with E-state index >= 15 is 0 Å². The molecular weight excluding hydrogens is 387 g/mol. The predicted octanol–water partition coefficient (Wildman–Crippen LogP) is 2.46. The van der Waals surface area contributed by atoms with Crippen molar-refractivity contribution in [1.82, 2.24) is 14.9 Å². The Morgan fingerprint density at radius 2 is 1.93 bits per heavy atom. The first kappa shape index (κ1) is 21.5. The van der Waals surface area contributed by atoms with Crippen molar-refractivity contribution in [2.75, 3.05) is 36.8 Å². The molecule has 0 unspecified atom stereocenters. The number of aromatic nitrogens is 2. The van der Waals surface area contributed by atoms with E-state index in [0.717, 1.165) is 6.07 Å². The van der Waals surface area contributed by atoms with Gasteiger partial charge in [0, 0.05) is 56.0 Å². The van der Waals surface area contributed by atoms with Crippen molar-refractivity contribution in [2.45, 2.75) is 33.3 Å². The van der Waals surface area contributed by atoms with E-state index in [2.05, 4.69) is 14.9 Å². The van der Waals surface area contributed by atoms with Crippen LogP contribution in [0.5, 0.6) is 5.75 Å². The van der Waals surface area contributed by atoms with Crippen molar-refractivity contribution in [3.8, 4) is 5.75 Å². The number of carbonyl (C=O) groups is 1. The smallest absolute Gasteiger partial charge is 0.222 e. The number of nitrogens with zero attached hydrogens (tertiary/aromatic N) is 4. The van der Waals surface area contributed by atoms with Gasteiger partial charge in [-0.05, 0) is 19.9 Å². The SMILES string of the molecule is CCC(=O)N1CCN(c2cc(C(=N)c3cc(OC(C)C)c(F)cc3N)ncn2)CC1. The summed E-state index contributed by atoms with van der Waals surface area (Å²) in [7, 11) is 0. The Labute approximate surface area is 175 Å². The third-order valence-electron chi connectivity index (χ3n) is 4.90. The van der Waals surface area contributed by atoms with E-state index in [1.165, 1.54) is 12.4 Å². The van der Waals surface area contributed by atoms with Crippen LogP contribution in [-0.4, -0.2) is 58.8 Å². The van der Waals surface area contributed by atoms with Gasteiger partial charge in [-0.15, -0.1) is 0 Å². The number of nitrogens with two attached hydrogens (primary N) is 1. The van der Waals surface area contributed by atoms with Crippen molar-refractivity contribution >= 4 is 23.1 Å². The van der Waals surface area contributed by atoms with Crippen LogP contribution in [0.1, 0.15) is 38.4 Å². The van der Waals surface area contributed by atoms with E-state index in [-0.39, 0.29) is 29.2 Å². The monoisotopic (exact) mass is 414 g/mol. The number of nitrogen functional groups attached to an aromatic ring is 1. The minimum atomic E-state index is -0.569. The molecule has 2 heterocycles. The van der Waals surface area contributed by atoms with E-state index in [9.17, 15) is 9.18 Å². The average Bonchev–Trinajstić information content (AvgIpc) is 2.74. The van der Waals surface area contributed by atoms with Gasteiger partial charge in [-0.1, -0.05) is 6.92 Å². The number of amides is 1. The highest BCUT2D eigenvalue weighted by Crippen LogP contribution is 2.27. The van der Waals surface area contributed by atoms with Crippen molar-refractivity contribution in [2.24, 2.45) is 0 Å². The summed E-state index contributed by atoms with van der Waals surface area (Å²) in [6.07, 6.45) is 1.68. The summed E-state index contributed by atoms with van der Waals surface area (Å²) in [5.74, 6) is 0.296. The lowest BCUT2D eigenvalue weighted by Crippen LogP contribution is -2.48. The average molecular weight is 414 g/mol. The second kappa shape index (κ2) is 9.06. The fourth-order valence-corrected chi connectivity index (χ4v) is 3.33. The van der Waals surface area contributed by atoms with Crippen molar-refractivity contribution in [3.05, 3.63) is 41.6 Å². The molecule has 3 N–H and O–H groups in total. The number of benzene rings is 1. The van der Waals surface area contributed by atoms with Crippen LogP contribution in [0, 0.1) is 11.2 Å². The molecule has 3 rings (SSSR count). The Morgan fingerprint density at radius 3 is 2.57 bits per heavy atom. The van der Waals surface area contributed by atoms with Crippen LogP contribution in [0.25, 0.3) is 0 Å². The predicted molar refractivity (Wildman–Crippen MR) is 114 cm³/mol. The first-order valence-electron chi connectivity index (χ1n) is 9.99. The summed E-state index contributed by atoms with van der Waals surface area (Å²) in [5, 5.41) is 8.57. The number of piperazine rings is 1. The standard InChI is InChI=1S/C21H27FN6O2/c1-4-20(29)28-7-5-27(6-8-28)19-11-17(25-12-26-19)21(24)14-9-18(30-13(2)3)15(22)10-16(14)23/h9-13,24H,4-8,23H2,1-3H3. The Morgan fingerprint density at radius 1 is 1.23 bits per heavy atom. The van der Waals surface area contributed by atoms with Crippen LogP contribution in [0.4, 0.5) is 15.9 Å². The normalized spacial score (nSPS) is 14.2. The Kier molecular flexibility index (Phi) is 6.49. The van der Waals surface area contributed by atoms with Crippen LogP contribution in [0.2, 0.25) is 0 Å². The molecule has 1 aliphatic heterocycles. The molecule has 30 heavy (non-hydrogen) atoms. The van der Waals surface area contributed by atoms with Gasteiger partial charge in [0.05, 0.1) is 17.5 Å². The number of hydrogen-bond acceptors (Lipinski definition) is 7. The van der Waals surface area contributed by atoms with E-state index in [0.29, 0.717) is 49.7 Å². The third-order valence-corrected chi connectivity index (χ3v) is 4.90. The minimum absolute atomic E-state index is 0.0462. The zero-order chi connectivity index (χ0) is 21.8. The highest BCUT2D eigenvalue weighted by molar-refractivity contribution is 6.13. The van der Waals surface area contributed by atoms with Gasteiger partial charge in [0.2, 0.25) is 5.91 Å². The number of rotatable bonds is 6. The summed E-state index contributed by atoms with van der Waals surface area (Å²) in [6.45, 7) is 8.02. The summed E-state index contributed by atoms with van der Waals surface area (Å²) in [4.78, 5) is 24.3. The number of hydrogen-bond donors (Lipinski definition) is 2. The summed E-state index contributed by atoms with van der Waals surface area (Å²) in [5.41, 5.74) is 6.89. The maximum atomic E-state index is 14.1. The molecule has 1 aliphatic rings. The third kappa shape index (κ3) is 4.67. The van der Waals surface area contributed by atoms with Crippen molar-refractivity contribution < 1.29 is 13.9 Å². The van der Waals surface area contributed by atoms with Crippen LogP contribution >= 0.6 is 0 Å². The fourth-order valence-electron chi connectivity index (χ4n) is 3.33. The van der Waals surface area contributed by atoms with E-state index in [4.69, 9.17) is 15.9 Å². The second-order valence-electron chi connectivity index (χ2n) is 7.39. The van der Waals surface area contributed by atoms with Crippen molar-refractivity contribution in [1.29, 1.82) is 5.41 Å². The molecule has 1 amide bonds. The second-order valence-corrected chi connectivity index (χ2v) is 7.39. The van der Waals surface area contributed by atoms with E-state index < -0.39 is 5.82 Å². The largest absolute Gasteiger partial charge is 0.488 e. The fraction of sp³-hybridized carbons (Fsp3) is 0.429. The number of halogens is 1. The molecule has 0 saturated carbocycles. The molecular formula is C21H27FN6O2. The summed E-state index contributed by atoms with van der Waals surface area (Å²) >= 11 is 0. The van der Waals surface area contributed by atoms with Gasteiger partial charge in [0.25, 0.3) is 0 Å². The highest BCUT2D eigenvalue weighted by Gasteiger charge is 2.22. The van der Waals surface area contributed by atoms with E-state index in [1.54, 1.807) is 19.9 Å². The number of ether oxygens (including phenoxy) is 1. The highest BCUT2D eigenvalue weighted by atomic mass is 19.1. The number of anilines is 2. The van der Waals surface area contributed by atoms with Gasteiger partial charge in [0.15, 0.2) is 11.6 Å². The lowest BCUT2D eigenvalue weighted by molar-refractivity contribution is -0.131. The lowest BCUT2D eigenvalue weighted by atomic mass is 10.0. The molecule has 0 radical (unpaired) electrons. The quantitative estimate of drug-likeness (QED) is 0.555. The Bertz CT molecular complexity index is 941. The number of carbonyl (C=O) groups excluding carboxylic acids is 1. The summed E-state index contributed by atoms with van der Waals surface area (Å²) in [6, 6.07) is 4.31. The van der Waals surface area contributed by atoms with Gasteiger partial charge in [0.1, 0.15) is 12.1 Å². The van der Waals surface area contributed by atoms with Crippen LogP contribution in [0.3, 0.4) is 0 Å². The molecule has 1 aromatic carbocycles. The maximum Gasteiger partial charge on any atom is 0.222 e. The molecule has 160 valence electrons. The van der Waals surface area contributed by atoms with Crippen molar-refractivity contribution in [3.63, 3.8) is 0 Å². The first-order chi connectivity index (χ1) is 14.3. The van der Waals surface area contributed by atoms with Gasteiger partial charge in [-0.25, -0.2) is 14.4 Å². The molecule has 0 bridgehead atoms. The van der Waals surface area contributed by atoms with Crippen LogP contribution in [0.15, 0.2) is 24.5 Å². The topological polar surface area (TPSA) is 108 Å². The molecule has 1 fully saturated rings. The molecule has 0 aliphatic carbocycles. The first-order valence-corrected chi connectivity index (χ1v) is 9.99. The molecule has 2 aromatic rings. The molecule has 1 aromatic heterocycles. The van der Waals surface area contributed by atoms with Gasteiger partial charge in [-0.2, -0.15) is 0 Å². The van der Waals surface area contributed by atoms with Gasteiger partial charge < -0.3 is 20.3 Å². The molecule has 9 heteroatoms. The zero-order valence-electron chi connectivity index (χ0n) is 17.5. The lowest BCUT2D eigenvalue weighted by Gasteiger charge is -2.35. The van der Waals surface area contributed by atoms with Crippen LogP contribution in [-0.2, 0) is 4.79 Å². The minimum Gasteiger partial charge on any atom is -0.488 e. The number of nitrogens with one attached hydrogen (secondary N) is 1. The Balaban J connectivity index is 1.81.